The van der Waals surface area contributed by atoms with Crippen LogP contribution >= 0.6 is 15.9 Å². The molecule has 2 rings (SSSR count). The van der Waals surface area contributed by atoms with E-state index < -0.39 is 16.7 Å². The molecule has 1 fully saturated rings. The first-order chi connectivity index (χ1) is 8.91. The average molecular weight is 328 g/mol. The van der Waals surface area contributed by atoms with Crippen LogP contribution in [0, 0.1) is 16.0 Å². The van der Waals surface area contributed by atoms with Crippen molar-refractivity contribution in [1.82, 2.24) is 0 Å². The van der Waals surface area contributed by atoms with Gasteiger partial charge >= 0.3 is 0 Å². The Hall–Kier alpha value is -1.96. The van der Waals surface area contributed by atoms with Gasteiger partial charge < -0.3 is 10.6 Å². The highest BCUT2D eigenvalue weighted by molar-refractivity contribution is 9.10. The third-order valence-corrected chi connectivity index (χ3v) is 3.60. The molecule has 19 heavy (non-hydrogen) atoms. The number of carbonyl (C=O) groups is 2. The highest BCUT2D eigenvalue weighted by Crippen LogP contribution is 2.38. The molecule has 2 amide bonds. The summed E-state index contributed by atoms with van der Waals surface area (Å²) in [6.45, 7) is 0.0671. The number of para-hydroxylation sites is 1. The molecule has 2 N–H and O–H groups in total. The van der Waals surface area contributed by atoms with E-state index in [1.807, 2.05) is 0 Å². The molecule has 0 radical (unpaired) electrons. The zero-order valence-corrected chi connectivity index (χ0v) is 11.3. The lowest BCUT2D eigenvalue weighted by molar-refractivity contribution is -0.384. The van der Waals surface area contributed by atoms with Crippen LogP contribution in [0.1, 0.15) is 6.42 Å². The molecule has 0 aromatic heterocycles. The lowest BCUT2D eigenvalue weighted by Crippen LogP contribution is -2.29. The van der Waals surface area contributed by atoms with Crippen molar-refractivity contribution in [3.63, 3.8) is 0 Å². The van der Waals surface area contributed by atoms with Crippen molar-refractivity contribution in [1.29, 1.82) is 0 Å². The second-order valence-electron chi connectivity index (χ2n) is 4.17. The van der Waals surface area contributed by atoms with Crippen LogP contribution in [0.4, 0.5) is 11.4 Å². The van der Waals surface area contributed by atoms with Crippen molar-refractivity contribution in [2.24, 2.45) is 11.7 Å². The molecular weight excluding hydrogens is 318 g/mol. The van der Waals surface area contributed by atoms with E-state index in [2.05, 4.69) is 15.9 Å². The van der Waals surface area contributed by atoms with E-state index in [-0.39, 0.29) is 30.2 Å². The van der Waals surface area contributed by atoms with E-state index in [0.29, 0.717) is 4.47 Å². The molecule has 1 atom stereocenters. The first-order valence-corrected chi connectivity index (χ1v) is 6.23. The molecule has 1 saturated heterocycles. The van der Waals surface area contributed by atoms with Crippen molar-refractivity contribution >= 4 is 39.1 Å². The fourth-order valence-corrected chi connectivity index (χ4v) is 2.60. The number of nitrogens with zero attached hydrogens (tertiary/aromatic N) is 2. The van der Waals surface area contributed by atoms with Gasteiger partial charge in [0.25, 0.3) is 5.69 Å². The van der Waals surface area contributed by atoms with Gasteiger partial charge in [0.1, 0.15) is 5.69 Å². The van der Waals surface area contributed by atoms with Crippen LogP contribution in [-0.4, -0.2) is 23.3 Å². The zero-order valence-electron chi connectivity index (χ0n) is 9.71. The van der Waals surface area contributed by atoms with Crippen LogP contribution < -0.4 is 10.6 Å². The maximum Gasteiger partial charge on any atom is 0.294 e. The van der Waals surface area contributed by atoms with E-state index in [4.69, 9.17) is 5.73 Å². The van der Waals surface area contributed by atoms with Gasteiger partial charge in [0.2, 0.25) is 11.8 Å². The van der Waals surface area contributed by atoms with Crippen LogP contribution in [-0.2, 0) is 9.59 Å². The number of hydrogen-bond donors (Lipinski definition) is 1. The standard InChI is InChI=1S/C11H10BrN3O4/c12-7-2-1-3-8(15(18)19)10(7)14-5-6(11(13)17)4-9(14)16/h1-3,6H,4-5H2,(H2,13,17). The Morgan fingerprint density at radius 2 is 2.21 bits per heavy atom. The minimum absolute atomic E-state index is 0.0200. The molecule has 1 aromatic rings. The molecule has 0 spiro atoms. The first-order valence-electron chi connectivity index (χ1n) is 5.44. The molecule has 1 aliphatic heterocycles. The Bertz CT molecular complexity index is 575. The van der Waals surface area contributed by atoms with Crippen molar-refractivity contribution in [2.75, 3.05) is 11.4 Å². The number of nitro benzene ring substituents is 1. The minimum Gasteiger partial charge on any atom is -0.369 e. The van der Waals surface area contributed by atoms with Gasteiger partial charge in [0, 0.05) is 23.5 Å². The summed E-state index contributed by atoms with van der Waals surface area (Å²) >= 11 is 3.20. The Morgan fingerprint density at radius 1 is 1.53 bits per heavy atom. The second-order valence-corrected chi connectivity index (χ2v) is 5.03. The summed E-state index contributed by atoms with van der Waals surface area (Å²) in [6, 6.07) is 4.43. The van der Waals surface area contributed by atoms with Crippen LogP contribution in [0.5, 0.6) is 0 Å². The van der Waals surface area contributed by atoms with E-state index in [9.17, 15) is 19.7 Å². The van der Waals surface area contributed by atoms with Gasteiger partial charge in [-0.3, -0.25) is 19.7 Å². The Balaban J connectivity index is 2.45. The van der Waals surface area contributed by atoms with E-state index in [0.717, 1.165) is 0 Å². The lowest BCUT2D eigenvalue weighted by atomic mass is 10.1. The van der Waals surface area contributed by atoms with E-state index in [1.54, 1.807) is 6.07 Å². The fraction of sp³-hybridized carbons (Fsp3) is 0.273. The van der Waals surface area contributed by atoms with Gasteiger partial charge in [-0.25, -0.2) is 0 Å². The van der Waals surface area contributed by atoms with E-state index in [1.165, 1.54) is 17.0 Å². The summed E-state index contributed by atoms with van der Waals surface area (Å²) in [5.74, 6) is -1.54. The Labute approximate surface area is 116 Å². The predicted molar refractivity (Wildman–Crippen MR) is 70.5 cm³/mol. The van der Waals surface area contributed by atoms with Crippen LogP contribution in [0.2, 0.25) is 0 Å². The summed E-state index contributed by atoms with van der Waals surface area (Å²) in [6.07, 6.45) is -0.0200. The highest BCUT2D eigenvalue weighted by atomic mass is 79.9. The number of benzene rings is 1. The molecule has 1 aliphatic rings. The molecule has 7 nitrogen and oxygen atoms in total. The Kier molecular flexibility index (Phi) is 3.52. The fourth-order valence-electron chi connectivity index (χ4n) is 2.03. The summed E-state index contributed by atoms with van der Waals surface area (Å²) in [5.41, 5.74) is 5.15. The number of halogens is 1. The normalized spacial score (nSPS) is 18.7. The van der Waals surface area contributed by atoms with Crippen LogP contribution in [0.25, 0.3) is 0 Å². The number of anilines is 1. The smallest absolute Gasteiger partial charge is 0.294 e. The lowest BCUT2D eigenvalue weighted by Gasteiger charge is -2.17. The highest BCUT2D eigenvalue weighted by Gasteiger charge is 2.37. The molecule has 8 heteroatoms. The van der Waals surface area contributed by atoms with Gasteiger partial charge in [0.15, 0.2) is 0 Å². The number of rotatable bonds is 3. The summed E-state index contributed by atoms with van der Waals surface area (Å²) in [4.78, 5) is 34.7. The number of carbonyl (C=O) groups excluding carboxylic acids is 2. The molecule has 0 bridgehead atoms. The first kappa shape index (κ1) is 13.5. The number of nitrogens with two attached hydrogens (primary N) is 1. The SMILES string of the molecule is NC(=O)C1CC(=O)N(c2c(Br)cccc2[N+](=O)[O-])C1. The maximum absolute atomic E-state index is 11.9. The summed E-state index contributed by atoms with van der Waals surface area (Å²) in [7, 11) is 0. The predicted octanol–water partition coefficient (Wildman–Crippen LogP) is 1.20. The maximum atomic E-state index is 11.9. The molecule has 1 unspecified atom stereocenters. The summed E-state index contributed by atoms with van der Waals surface area (Å²) < 4.78 is 0.431. The number of nitro groups is 1. The summed E-state index contributed by atoms with van der Waals surface area (Å²) in [5, 5.41) is 11.0. The van der Waals surface area contributed by atoms with Gasteiger partial charge in [0.05, 0.1) is 10.8 Å². The molecule has 100 valence electrons. The van der Waals surface area contributed by atoms with Gasteiger partial charge in [-0.2, -0.15) is 0 Å². The largest absolute Gasteiger partial charge is 0.369 e. The Morgan fingerprint density at radius 3 is 2.74 bits per heavy atom. The van der Waals surface area contributed by atoms with E-state index >= 15 is 0 Å². The zero-order chi connectivity index (χ0) is 14.2. The average Bonchev–Trinajstić information content (AvgIpc) is 2.71. The minimum atomic E-state index is -0.612. The van der Waals surface area contributed by atoms with Gasteiger partial charge in [-0.1, -0.05) is 6.07 Å². The third-order valence-electron chi connectivity index (χ3n) is 2.96. The number of hydrogen-bond acceptors (Lipinski definition) is 4. The topological polar surface area (TPSA) is 107 Å². The number of amides is 2. The van der Waals surface area contributed by atoms with Crippen LogP contribution in [0.3, 0.4) is 0 Å². The monoisotopic (exact) mass is 327 g/mol. The molecule has 1 heterocycles. The molecule has 1 aromatic carbocycles. The van der Waals surface area contributed by atoms with Gasteiger partial charge in [-0.15, -0.1) is 0 Å². The van der Waals surface area contributed by atoms with Crippen molar-refractivity contribution < 1.29 is 14.5 Å². The number of primary amides is 1. The van der Waals surface area contributed by atoms with Gasteiger partial charge in [-0.05, 0) is 22.0 Å². The van der Waals surface area contributed by atoms with Crippen molar-refractivity contribution in [3.05, 3.63) is 32.8 Å². The molecular formula is C11H10BrN3O4. The molecule has 0 aliphatic carbocycles. The second kappa shape index (κ2) is 4.96. The van der Waals surface area contributed by atoms with Crippen molar-refractivity contribution in [2.45, 2.75) is 6.42 Å². The van der Waals surface area contributed by atoms with Crippen molar-refractivity contribution in [3.8, 4) is 0 Å². The van der Waals surface area contributed by atoms with Crippen LogP contribution in [0.15, 0.2) is 22.7 Å². The third kappa shape index (κ3) is 2.43. The quantitative estimate of drug-likeness (QED) is 0.664. The molecule has 0 saturated carbocycles.